The maximum Gasteiger partial charge on any atom is 0.237 e. The molecule has 1 aliphatic heterocycles. The number of hydrogen-bond donors (Lipinski definition) is 3. The van der Waals surface area contributed by atoms with Crippen molar-refractivity contribution in [1.29, 1.82) is 0 Å². The Balaban J connectivity index is 2.37. The van der Waals surface area contributed by atoms with E-state index in [4.69, 9.17) is 5.73 Å². The van der Waals surface area contributed by atoms with Gasteiger partial charge in [0.2, 0.25) is 11.8 Å². The third kappa shape index (κ3) is 3.48. The Hall–Kier alpha value is -1.10. The van der Waals surface area contributed by atoms with Crippen molar-refractivity contribution in [2.75, 3.05) is 13.1 Å². The summed E-state index contributed by atoms with van der Waals surface area (Å²) in [4.78, 5) is 22.8. The summed E-state index contributed by atoms with van der Waals surface area (Å²) in [5.74, 6) is -0.432. The zero-order valence-electron chi connectivity index (χ0n) is 10.0. The van der Waals surface area contributed by atoms with Crippen molar-refractivity contribution in [3.05, 3.63) is 0 Å². The molecule has 0 saturated carbocycles. The number of hydrogen-bond acceptors (Lipinski definition) is 3. The molecule has 16 heavy (non-hydrogen) atoms. The Kier molecular flexibility index (Phi) is 4.29. The highest BCUT2D eigenvalue weighted by molar-refractivity contribution is 5.84. The molecule has 1 atom stereocenters. The van der Waals surface area contributed by atoms with Crippen LogP contribution >= 0.6 is 0 Å². The summed E-state index contributed by atoms with van der Waals surface area (Å²) in [6.07, 6.45) is 3.06. The average Bonchev–Trinajstić information content (AvgIpc) is 2.27. The molecule has 1 aliphatic rings. The molecule has 0 radical (unpaired) electrons. The average molecular weight is 227 g/mol. The van der Waals surface area contributed by atoms with Crippen LogP contribution in [0.4, 0.5) is 0 Å². The van der Waals surface area contributed by atoms with Gasteiger partial charge in [0.05, 0.1) is 11.5 Å². The molecule has 0 unspecified atom stereocenters. The molecule has 0 aromatic rings. The number of piperidine rings is 1. The predicted octanol–water partition coefficient (Wildman–Crippen LogP) is -0.244. The molecule has 0 spiro atoms. The van der Waals surface area contributed by atoms with Gasteiger partial charge in [-0.2, -0.15) is 0 Å². The molecule has 2 amide bonds. The van der Waals surface area contributed by atoms with Crippen LogP contribution in [0, 0.1) is 5.41 Å². The monoisotopic (exact) mass is 227 g/mol. The van der Waals surface area contributed by atoms with E-state index >= 15 is 0 Å². The van der Waals surface area contributed by atoms with Gasteiger partial charge in [-0.15, -0.1) is 0 Å². The van der Waals surface area contributed by atoms with Crippen LogP contribution in [0.2, 0.25) is 0 Å². The van der Waals surface area contributed by atoms with Gasteiger partial charge in [-0.3, -0.25) is 9.59 Å². The van der Waals surface area contributed by atoms with E-state index in [1.807, 2.05) is 0 Å². The molecule has 0 aromatic carbocycles. The number of carbonyl (C=O) groups excluding carboxylic acids is 2. The number of nitrogens with one attached hydrogen (secondary N) is 2. The molecular weight excluding hydrogens is 206 g/mol. The van der Waals surface area contributed by atoms with Crippen LogP contribution in [0.25, 0.3) is 0 Å². The topological polar surface area (TPSA) is 84.2 Å². The van der Waals surface area contributed by atoms with Gasteiger partial charge >= 0.3 is 0 Å². The maximum atomic E-state index is 11.7. The van der Waals surface area contributed by atoms with Gasteiger partial charge in [0.15, 0.2) is 0 Å². The number of rotatable bonds is 4. The van der Waals surface area contributed by atoms with E-state index in [-0.39, 0.29) is 11.9 Å². The highest BCUT2D eigenvalue weighted by Gasteiger charge is 2.27. The molecule has 5 nitrogen and oxygen atoms in total. The van der Waals surface area contributed by atoms with Gasteiger partial charge in [0.1, 0.15) is 0 Å². The third-order valence-corrected chi connectivity index (χ3v) is 3.00. The van der Waals surface area contributed by atoms with Gasteiger partial charge in [-0.05, 0) is 33.2 Å². The van der Waals surface area contributed by atoms with Crippen molar-refractivity contribution in [1.82, 2.24) is 10.6 Å². The Labute approximate surface area is 96.1 Å². The first-order valence-corrected chi connectivity index (χ1v) is 5.74. The lowest BCUT2D eigenvalue weighted by atomic mass is 9.92. The third-order valence-electron chi connectivity index (χ3n) is 3.00. The fourth-order valence-corrected chi connectivity index (χ4v) is 1.59. The van der Waals surface area contributed by atoms with E-state index in [1.54, 1.807) is 13.8 Å². The second-order valence-electron chi connectivity index (χ2n) is 4.97. The summed E-state index contributed by atoms with van der Waals surface area (Å²) in [6.45, 7) is 4.63. The van der Waals surface area contributed by atoms with Crippen molar-refractivity contribution in [3.8, 4) is 0 Å². The van der Waals surface area contributed by atoms with E-state index in [0.29, 0.717) is 6.54 Å². The molecule has 0 aliphatic carbocycles. The highest BCUT2D eigenvalue weighted by Crippen LogP contribution is 2.12. The standard InChI is InChI=1S/C11H21N3O2/c1-11(2,10(12)16)7-14-9(15)8-5-3-4-6-13-8/h8,13H,3-7H2,1-2H3,(H2,12,16)(H,14,15)/t8-/m1/s1. The first-order chi connectivity index (χ1) is 7.43. The van der Waals surface area contributed by atoms with Gasteiger partial charge in [-0.1, -0.05) is 6.42 Å². The van der Waals surface area contributed by atoms with Crippen LogP contribution in [0.3, 0.4) is 0 Å². The molecule has 0 bridgehead atoms. The van der Waals surface area contributed by atoms with E-state index in [0.717, 1.165) is 25.8 Å². The summed E-state index contributed by atoms with van der Waals surface area (Å²) < 4.78 is 0. The predicted molar refractivity (Wildman–Crippen MR) is 61.6 cm³/mol. The minimum atomic E-state index is -0.690. The van der Waals surface area contributed by atoms with Gasteiger partial charge < -0.3 is 16.4 Å². The molecule has 0 aromatic heterocycles. The summed E-state index contributed by atoms with van der Waals surface area (Å²) in [7, 11) is 0. The van der Waals surface area contributed by atoms with E-state index < -0.39 is 11.3 Å². The fraction of sp³-hybridized carbons (Fsp3) is 0.818. The van der Waals surface area contributed by atoms with Crippen molar-refractivity contribution < 1.29 is 9.59 Å². The normalized spacial score (nSPS) is 21.5. The minimum absolute atomic E-state index is 0.0333. The fourth-order valence-electron chi connectivity index (χ4n) is 1.59. The number of primary amides is 1. The van der Waals surface area contributed by atoms with Gasteiger partial charge in [-0.25, -0.2) is 0 Å². The summed E-state index contributed by atoms with van der Waals surface area (Å²) >= 11 is 0. The van der Waals surface area contributed by atoms with Crippen LogP contribution in [0.15, 0.2) is 0 Å². The maximum absolute atomic E-state index is 11.7. The number of carbonyl (C=O) groups is 2. The van der Waals surface area contributed by atoms with Gasteiger partial charge in [0, 0.05) is 6.54 Å². The van der Waals surface area contributed by atoms with E-state index in [2.05, 4.69) is 10.6 Å². The smallest absolute Gasteiger partial charge is 0.237 e. The molecular formula is C11H21N3O2. The van der Waals surface area contributed by atoms with Crippen LogP contribution in [0.5, 0.6) is 0 Å². The van der Waals surface area contributed by atoms with Crippen LogP contribution < -0.4 is 16.4 Å². The van der Waals surface area contributed by atoms with E-state index in [9.17, 15) is 9.59 Å². The van der Waals surface area contributed by atoms with E-state index in [1.165, 1.54) is 0 Å². The minimum Gasteiger partial charge on any atom is -0.369 e. The largest absolute Gasteiger partial charge is 0.369 e. The molecule has 1 rings (SSSR count). The summed E-state index contributed by atoms with van der Waals surface area (Å²) in [5.41, 5.74) is 4.54. The quantitative estimate of drug-likeness (QED) is 0.619. The Morgan fingerprint density at radius 2 is 2.12 bits per heavy atom. The summed E-state index contributed by atoms with van der Waals surface area (Å²) in [5, 5.41) is 5.93. The van der Waals surface area contributed by atoms with Gasteiger partial charge in [0.25, 0.3) is 0 Å². The number of amides is 2. The molecule has 1 heterocycles. The molecule has 1 saturated heterocycles. The summed E-state index contributed by atoms with van der Waals surface area (Å²) in [6, 6.07) is -0.113. The highest BCUT2D eigenvalue weighted by atomic mass is 16.2. The molecule has 5 heteroatoms. The lowest BCUT2D eigenvalue weighted by molar-refractivity contribution is -0.127. The Morgan fingerprint density at radius 3 is 2.62 bits per heavy atom. The van der Waals surface area contributed by atoms with Crippen LogP contribution in [-0.2, 0) is 9.59 Å². The zero-order valence-corrected chi connectivity index (χ0v) is 10.0. The van der Waals surface area contributed by atoms with Crippen LogP contribution in [0.1, 0.15) is 33.1 Å². The first-order valence-electron chi connectivity index (χ1n) is 5.74. The van der Waals surface area contributed by atoms with Crippen molar-refractivity contribution >= 4 is 11.8 Å². The number of nitrogens with two attached hydrogens (primary N) is 1. The lowest BCUT2D eigenvalue weighted by Gasteiger charge is -2.25. The van der Waals surface area contributed by atoms with Crippen molar-refractivity contribution in [2.24, 2.45) is 11.1 Å². The molecule has 1 fully saturated rings. The molecule has 92 valence electrons. The lowest BCUT2D eigenvalue weighted by Crippen LogP contribution is -2.50. The van der Waals surface area contributed by atoms with Crippen molar-refractivity contribution in [3.63, 3.8) is 0 Å². The Bertz CT molecular complexity index is 270. The second-order valence-corrected chi connectivity index (χ2v) is 4.97. The second kappa shape index (κ2) is 5.30. The first kappa shape index (κ1) is 13.0. The molecule has 4 N–H and O–H groups in total. The van der Waals surface area contributed by atoms with Crippen LogP contribution in [-0.4, -0.2) is 30.9 Å². The zero-order chi connectivity index (χ0) is 12.2. The van der Waals surface area contributed by atoms with Crippen molar-refractivity contribution in [2.45, 2.75) is 39.2 Å². The Morgan fingerprint density at radius 1 is 1.44 bits per heavy atom. The SMILES string of the molecule is CC(C)(CNC(=O)[C@H]1CCCCN1)C(N)=O.